The molecule has 1 N–H and O–H groups in total. The van der Waals surface area contributed by atoms with Gasteiger partial charge in [0.2, 0.25) is 0 Å². The van der Waals surface area contributed by atoms with E-state index in [1.165, 1.54) is 0 Å². The van der Waals surface area contributed by atoms with E-state index in [0.717, 1.165) is 28.7 Å². The fraction of sp³-hybridized carbons (Fsp3) is 0.381. The highest BCUT2D eigenvalue weighted by molar-refractivity contribution is 6.30. The summed E-state index contributed by atoms with van der Waals surface area (Å²) >= 11 is 5.98. The van der Waals surface area contributed by atoms with Crippen LogP contribution in [0.4, 0.5) is 0 Å². The summed E-state index contributed by atoms with van der Waals surface area (Å²) in [5.41, 5.74) is 3.33. The number of aryl methyl sites for hydroxylation is 1. The maximum Gasteiger partial charge on any atom is 0.171 e. The van der Waals surface area contributed by atoms with Crippen LogP contribution in [-0.4, -0.2) is 28.7 Å². The molecule has 2 fully saturated rings. The Morgan fingerprint density at radius 3 is 2.56 bits per heavy atom. The van der Waals surface area contributed by atoms with Crippen molar-refractivity contribution >= 4 is 17.4 Å². The van der Waals surface area contributed by atoms with Gasteiger partial charge in [-0.15, -0.1) is 0 Å². The molecule has 3 nitrogen and oxygen atoms in total. The maximum atomic E-state index is 12.9. The van der Waals surface area contributed by atoms with Crippen LogP contribution < -0.4 is 0 Å². The van der Waals surface area contributed by atoms with Crippen LogP contribution >= 0.6 is 11.6 Å². The highest BCUT2D eigenvalue weighted by atomic mass is 35.5. The first-order chi connectivity index (χ1) is 11.9. The number of rotatable bonds is 2. The average Bonchev–Trinajstić information content (AvgIpc) is 2.97. The monoisotopic (exact) mass is 356 g/mol. The van der Waals surface area contributed by atoms with E-state index >= 15 is 0 Å². The molecule has 130 valence electrons. The van der Waals surface area contributed by atoms with Crippen molar-refractivity contribution in [3.05, 3.63) is 58.6 Å². The van der Waals surface area contributed by atoms with Crippen molar-refractivity contribution < 1.29 is 14.6 Å². The second kappa shape index (κ2) is 5.94. The lowest BCUT2D eigenvalue weighted by Gasteiger charge is -2.40. The molecule has 2 bridgehead atoms. The number of hydrogen-bond acceptors (Lipinski definition) is 3. The zero-order chi connectivity index (χ0) is 17.8. The molecule has 0 spiro atoms. The number of hydrogen-bond donors (Lipinski definition) is 1. The zero-order valence-electron chi connectivity index (χ0n) is 14.3. The van der Waals surface area contributed by atoms with Gasteiger partial charge in [-0.3, -0.25) is 4.79 Å². The minimum absolute atomic E-state index is 0.00108. The van der Waals surface area contributed by atoms with Crippen molar-refractivity contribution in [1.82, 2.24) is 0 Å². The quantitative estimate of drug-likeness (QED) is 0.873. The SMILES string of the molecule is Cc1ccc(-c2ccc(Cl)cc2)cc1C1C(=O)[C@@H]2CC[C@@](C)(O2)C1O. The number of fused-ring (bicyclic) bond motifs is 2. The van der Waals surface area contributed by atoms with Gasteiger partial charge < -0.3 is 9.84 Å². The minimum Gasteiger partial charge on any atom is -0.389 e. The Balaban J connectivity index is 1.78. The Kier molecular flexibility index (Phi) is 3.99. The van der Waals surface area contributed by atoms with E-state index in [1.807, 2.05) is 56.3 Å². The Morgan fingerprint density at radius 2 is 1.84 bits per heavy atom. The third kappa shape index (κ3) is 2.71. The second-order valence-electron chi connectivity index (χ2n) is 7.36. The van der Waals surface area contributed by atoms with Crippen LogP contribution in [0.2, 0.25) is 5.02 Å². The van der Waals surface area contributed by atoms with Gasteiger partial charge in [-0.1, -0.05) is 41.9 Å². The van der Waals surface area contributed by atoms with Crippen molar-refractivity contribution in [1.29, 1.82) is 0 Å². The van der Waals surface area contributed by atoms with Crippen LogP contribution in [0.5, 0.6) is 0 Å². The first-order valence-corrected chi connectivity index (χ1v) is 9.03. The Labute approximate surface area is 152 Å². The third-order valence-electron chi connectivity index (χ3n) is 5.67. The predicted octanol–water partition coefficient (Wildman–Crippen LogP) is 4.28. The van der Waals surface area contributed by atoms with Gasteiger partial charge >= 0.3 is 0 Å². The van der Waals surface area contributed by atoms with Crippen LogP contribution in [0.1, 0.15) is 36.8 Å². The number of carbonyl (C=O) groups excluding carboxylic acids is 1. The molecule has 4 heteroatoms. The highest BCUT2D eigenvalue weighted by Crippen LogP contribution is 2.46. The summed E-state index contributed by atoms with van der Waals surface area (Å²) < 4.78 is 5.81. The van der Waals surface area contributed by atoms with Gasteiger partial charge in [0, 0.05) is 5.02 Å². The average molecular weight is 357 g/mol. The number of benzene rings is 2. The molecule has 0 aromatic heterocycles. The van der Waals surface area contributed by atoms with Gasteiger partial charge in [0.1, 0.15) is 6.10 Å². The first kappa shape index (κ1) is 16.8. The van der Waals surface area contributed by atoms with Crippen molar-refractivity contribution in [2.45, 2.75) is 50.4 Å². The van der Waals surface area contributed by atoms with E-state index in [1.54, 1.807) is 0 Å². The molecule has 2 aliphatic heterocycles. The molecule has 2 aromatic rings. The molecule has 4 rings (SSSR count). The molecule has 0 radical (unpaired) electrons. The highest BCUT2D eigenvalue weighted by Gasteiger charge is 2.55. The summed E-state index contributed by atoms with van der Waals surface area (Å²) in [5.74, 6) is -0.530. The molecule has 25 heavy (non-hydrogen) atoms. The van der Waals surface area contributed by atoms with Gasteiger partial charge in [0.05, 0.1) is 17.6 Å². The van der Waals surface area contributed by atoms with E-state index in [0.29, 0.717) is 11.4 Å². The smallest absolute Gasteiger partial charge is 0.171 e. The second-order valence-corrected chi connectivity index (χ2v) is 7.80. The molecular formula is C21H21ClO3. The minimum atomic E-state index is -0.821. The lowest BCUT2D eigenvalue weighted by molar-refractivity contribution is -0.170. The molecule has 2 aliphatic rings. The number of Topliss-reactive ketones (excluding diaryl/α,β-unsaturated/α-hetero) is 1. The Morgan fingerprint density at radius 1 is 1.16 bits per heavy atom. The van der Waals surface area contributed by atoms with Gasteiger partial charge in [0.15, 0.2) is 5.78 Å². The largest absolute Gasteiger partial charge is 0.389 e. The van der Waals surface area contributed by atoms with Gasteiger partial charge in [-0.2, -0.15) is 0 Å². The molecule has 4 atom stereocenters. The van der Waals surface area contributed by atoms with Crippen molar-refractivity contribution in [2.75, 3.05) is 0 Å². The van der Waals surface area contributed by atoms with Gasteiger partial charge in [0.25, 0.3) is 0 Å². The summed E-state index contributed by atoms with van der Waals surface area (Å²) in [5, 5.41) is 11.6. The predicted molar refractivity (Wildman–Crippen MR) is 97.9 cm³/mol. The van der Waals surface area contributed by atoms with Crippen LogP contribution in [0.25, 0.3) is 11.1 Å². The van der Waals surface area contributed by atoms with E-state index < -0.39 is 23.7 Å². The fourth-order valence-electron chi connectivity index (χ4n) is 4.11. The van der Waals surface area contributed by atoms with E-state index in [-0.39, 0.29) is 5.78 Å². The van der Waals surface area contributed by atoms with Crippen molar-refractivity contribution in [3.63, 3.8) is 0 Å². The van der Waals surface area contributed by atoms with Gasteiger partial charge in [-0.25, -0.2) is 0 Å². The van der Waals surface area contributed by atoms with E-state index in [2.05, 4.69) is 0 Å². The number of aliphatic hydroxyl groups excluding tert-OH is 1. The fourth-order valence-corrected chi connectivity index (χ4v) is 4.23. The summed E-state index contributed by atoms with van der Waals surface area (Å²) in [6, 6.07) is 13.7. The molecule has 0 amide bonds. The van der Waals surface area contributed by atoms with E-state index in [9.17, 15) is 9.90 Å². The summed E-state index contributed by atoms with van der Waals surface area (Å²) in [4.78, 5) is 12.9. The van der Waals surface area contributed by atoms with Gasteiger partial charge in [-0.05, 0) is 61.1 Å². The zero-order valence-corrected chi connectivity index (χ0v) is 15.1. The van der Waals surface area contributed by atoms with Crippen LogP contribution in [0, 0.1) is 6.92 Å². The molecule has 2 unspecified atom stereocenters. The van der Waals surface area contributed by atoms with Crippen LogP contribution in [-0.2, 0) is 9.53 Å². The van der Waals surface area contributed by atoms with Crippen LogP contribution in [0.3, 0.4) is 0 Å². The maximum absolute atomic E-state index is 12.9. The number of ketones is 1. The van der Waals surface area contributed by atoms with Crippen molar-refractivity contribution in [2.24, 2.45) is 0 Å². The Hall–Kier alpha value is -1.68. The Bertz CT molecular complexity index is 830. The van der Waals surface area contributed by atoms with E-state index in [4.69, 9.17) is 16.3 Å². The standard InChI is InChI=1S/C21H21ClO3/c1-12-3-4-14(13-5-7-15(22)8-6-13)11-16(12)18-19(23)17-9-10-21(2,25-17)20(18)24/h3-8,11,17-18,20,24H,9-10H2,1-2H3/t17-,18?,20?,21+/m0/s1. The number of ether oxygens (including phenoxy) is 1. The normalized spacial score (nSPS) is 31.4. The molecular weight excluding hydrogens is 336 g/mol. The molecule has 2 saturated heterocycles. The lowest BCUT2D eigenvalue weighted by Crippen LogP contribution is -2.52. The number of halogens is 1. The molecule has 0 saturated carbocycles. The topological polar surface area (TPSA) is 46.5 Å². The van der Waals surface area contributed by atoms with Crippen molar-refractivity contribution in [3.8, 4) is 11.1 Å². The van der Waals surface area contributed by atoms with Crippen LogP contribution in [0.15, 0.2) is 42.5 Å². The molecule has 2 aromatic carbocycles. The molecule has 2 heterocycles. The third-order valence-corrected chi connectivity index (χ3v) is 5.92. The lowest BCUT2D eigenvalue weighted by atomic mass is 9.78. The molecule has 0 aliphatic carbocycles. The first-order valence-electron chi connectivity index (χ1n) is 8.65. The number of carbonyl (C=O) groups is 1. The number of aliphatic hydroxyl groups is 1. The summed E-state index contributed by atoms with van der Waals surface area (Å²) in [6.45, 7) is 3.90. The summed E-state index contributed by atoms with van der Waals surface area (Å²) in [6.07, 6.45) is 0.199. The summed E-state index contributed by atoms with van der Waals surface area (Å²) in [7, 11) is 0.